The largest absolute Gasteiger partial charge is 0.330 e. The van der Waals surface area contributed by atoms with Gasteiger partial charge in [0.05, 0.1) is 10.6 Å². The highest BCUT2D eigenvalue weighted by atomic mass is 32.1. The van der Waals surface area contributed by atoms with E-state index in [1.165, 1.54) is 10.3 Å². The summed E-state index contributed by atoms with van der Waals surface area (Å²) in [5, 5.41) is 6.69. The van der Waals surface area contributed by atoms with Crippen molar-refractivity contribution < 1.29 is 0 Å². The first-order valence-corrected chi connectivity index (χ1v) is 9.23. The van der Waals surface area contributed by atoms with E-state index in [4.69, 9.17) is 5.73 Å². The summed E-state index contributed by atoms with van der Waals surface area (Å²) in [5.74, 6) is 0.608. The van der Waals surface area contributed by atoms with Gasteiger partial charge in [0, 0.05) is 18.4 Å². The molecule has 0 aliphatic carbocycles. The maximum atomic E-state index is 5.51. The zero-order chi connectivity index (χ0) is 17.5. The number of hydrogen-bond donors (Lipinski definition) is 3. The van der Waals surface area contributed by atoms with Crippen LogP contribution in [0.1, 0.15) is 12.0 Å². The van der Waals surface area contributed by atoms with E-state index in [2.05, 4.69) is 52.7 Å². The van der Waals surface area contributed by atoms with E-state index in [9.17, 15) is 0 Å². The maximum Gasteiger partial charge on any atom is 0.227 e. The van der Waals surface area contributed by atoms with Gasteiger partial charge in [-0.2, -0.15) is 0 Å². The molecule has 0 atom stereocenters. The van der Waals surface area contributed by atoms with Gasteiger partial charge in [-0.1, -0.05) is 18.2 Å². The fourth-order valence-corrected chi connectivity index (χ4v) is 3.31. The molecule has 128 valence electrons. The Morgan fingerprint density at radius 1 is 1.16 bits per heavy atom. The molecule has 3 rings (SSSR count). The number of benzene rings is 1. The van der Waals surface area contributed by atoms with Gasteiger partial charge in [0.2, 0.25) is 5.95 Å². The minimum atomic E-state index is 0.608. The highest BCUT2D eigenvalue weighted by Gasteiger charge is 2.05. The van der Waals surface area contributed by atoms with Crippen LogP contribution in [-0.4, -0.2) is 30.9 Å². The molecule has 1 aromatic carbocycles. The van der Waals surface area contributed by atoms with Crippen LogP contribution in [0.25, 0.3) is 10.6 Å². The van der Waals surface area contributed by atoms with Crippen LogP contribution in [-0.2, 0) is 6.54 Å². The van der Waals surface area contributed by atoms with Crippen molar-refractivity contribution in [1.82, 2.24) is 15.3 Å². The lowest BCUT2D eigenvalue weighted by Gasteiger charge is -2.09. The summed E-state index contributed by atoms with van der Waals surface area (Å²) in [7, 11) is 2.10. The standard InChI is InChI=1S/C18H22BN5S/c19-17-6-5-16(25-17)15-7-10-22-18(24-15)23-14-4-1-3-13(11-14)12-21-9-2-8-20/h1,3-7,10-11,21H,2,8-9,12,19-20H2,(H,22,23,24). The molecule has 0 aliphatic rings. The first kappa shape index (κ1) is 17.6. The SMILES string of the molecule is Bc1ccc(-c2ccnc(Nc3cccc(CNCCCN)c3)n2)s1. The van der Waals surface area contributed by atoms with Crippen molar-refractivity contribution in [3.8, 4) is 10.6 Å². The lowest BCUT2D eigenvalue weighted by molar-refractivity contribution is 0.655. The zero-order valence-corrected chi connectivity index (χ0v) is 15.1. The van der Waals surface area contributed by atoms with Crippen LogP contribution >= 0.6 is 11.3 Å². The summed E-state index contributed by atoms with van der Waals surface area (Å²) in [4.78, 5) is 10.1. The van der Waals surface area contributed by atoms with Crippen molar-refractivity contribution in [2.75, 3.05) is 18.4 Å². The van der Waals surface area contributed by atoms with E-state index >= 15 is 0 Å². The van der Waals surface area contributed by atoms with Gasteiger partial charge in [-0.3, -0.25) is 0 Å². The second kappa shape index (κ2) is 8.76. The first-order chi connectivity index (χ1) is 12.2. The molecule has 0 radical (unpaired) electrons. The van der Waals surface area contributed by atoms with Gasteiger partial charge in [-0.15, -0.1) is 11.3 Å². The second-order valence-electron chi connectivity index (χ2n) is 5.82. The van der Waals surface area contributed by atoms with Crippen LogP contribution in [0.4, 0.5) is 11.6 Å². The van der Waals surface area contributed by atoms with Crippen molar-refractivity contribution >= 4 is 35.6 Å². The van der Waals surface area contributed by atoms with Crippen LogP contribution < -0.4 is 21.1 Å². The van der Waals surface area contributed by atoms with E-state index in [1.807, 2.05) is 18.2 Å². The number of nitrogens with zero attached hydrogens (tertiary/aromatic N) is 2. The van der Waals surface area contributed by atoms with Gasteiger partial charge in [0.15, 0.2) is 7.85 Å². The van der Waals surface area contributed by atoms with Crippen molar-refractivity contribution in [1.29, 1.82) is 0 Å². The third-order valence-electron chi connectivity index (χ3n) is 3.72. The van der Waals surface area contributed by atoms with Crippen molar-refractivity contribution in [2.45, 2.75) is 13.0 Å². The van der Waals surface area contributed by atoms with Crippen molar-refractivity contribution in [2.24, 2.45) is 5.73 Å². The van der Waals surface area contributed by atoms with Gasteiger partial charge >= 0.3 is 0 Å². The Labute approximate surface area is 153 Å². The Balaban J connectivity index is 1.68. The number of aromatic nitrogens is 2. The van der Waals surface area contributed by atoms with Gasteiger partial charge in [0.25, 0.3) is 0 Å². The molecule has 0 spiro atoms. The molecular weight excluding hydrogens is 329 g/mol. The summed E-state index contributed by atoms with van der Waals surface area (Å²) < 4.78 is 1.28. The predicted molar refractivity (Wildman–Crippen MR) is 109 cm³/mol. The summed E-state index contributed by atoms with van der Waals surface area (Å²) in [6.07, 6.45) is 2.78. The van der Waals surface area contributed by atoms with Crippen LogP contribution in [0.5, 0.6) is 0 Å². The van der Waals surface area contributed by atoms with E-state index in [1.54, 1.807) is 17.5 Å². The molecule has 0 saturated heterocycles. The summed E-state index contributed by atoms with van der Waals surface area (Å²) in [5.41, 5.74) is 8.65. The molecule has 0 amide bonds. The Bertz CT molecular complexity index is 820. The topological polar surface area (TPSA) is 75.9 Å². The number of nitrogens with two attached hydrogens (primary N) is 1. The van der Waals surface area contributed by atoms with E-state index in [-0.39, 0.29) is 0 Å². The van der Waals surface area contributed by atoms with E-state index < -0.39 is 0 Å². The van der Waals surface area contributed by atoms with Gasteiger partial charge in [0.1, 0.15) is 0 Å². The minimum Gasteiger partial charge on any atom is -0.330 e. The van der Waals surface area contributed by atoms with Crippen LogP contribution in [0.15, 0.2) is 48.7 Å². The summed E-state index contributed by atoms with van der Waals surface area (Å²) >= 11 is 1.74. The molecule has 2 heterocycles. The average molecular weight is 351 g/mol. The molecule has 25 heavy (non-hydrogen) atoms. The summed E-state index contributed by atoms with van der Waals surface area (Å²) in [6, 6.07) is 14.4. The number of rotatable bonds is 8. The Morgan fingerprint density at radius 2 is 2.08 bits per heavy atom. The molecule has 3 aromatic rings. The number of nitrogens with one attached hydrogen (secondary N) is 2. The molecule has 7 heteroatoms. The quantitative estimate of drug-likeness (QED) is 0.425. The number of thiophene rings is 1. The van der Waals surface area contributed by atoms with Gasteiger partial charge in [-0.25, -0.2) is 9.97 Å². The monoisotopic (exact) mass is 351 g/mol. The predicted octanol–water partition coefficient (Wildman–Crippen LogP) is 1.65. The highest BCUT2D eigenvalue weighted by molar-refractivity contribution is 7.23. The average Bonchev–Trinajstić information content (AvgIpc) is 3.06. The molecule has 0 fully saturated rings. The van der Waals surface area contributed by atoms with Crippen molar-refractivity contribution in [3.63, 3.8) is 0 Å². The molecule has 0 saturated carbocycles. The lowest BCUT2D eigenvalue weighted by atomic mass is 10.1. The number of anilines is 2. The third kappa shape index (κ3) is 5.13. The fourth-order valence-electron chi connectivity index (χ4n) is 2.48. The van der Waals surface area contributed by atoms with Crippen LogP contribution in [0.2, 0.25) is 0 Å². The summed E-state index contributed by atoms with van der Waals surface area (Å²) in [6.45, 7) is 2.47. The van der Waals surface area contributed by atoms with Crippen LogP contribution in [0, 0.1) is 0 Å². The molecule has 5 nitrogen and oxygen atoms in total. The van der Waals surface area contributed by atoms with E-state index in [0.29, 0.717) is 12.5 Å². The Morgan fingerprint density at radius 3 is 2.88 bits per heavy atom. The van der Waals surface area contributed by atoms with Gasteiger partial charge < -0.3 is 16.4 Å². The molecular formula is C18H22BN5S. The Hall–Kier alpha value is -2.22. The Kier molecular flexibility index (Phi) is 6.17. The molecule has 0 aliphatic heterocycles. The van der Waals surface area contributed by atoms with Crippen molar-refractivity contribution in [3.05, 3.63) is 54.2 Å². The smallest absolute Gasteiger partial charge is 0.227 e. The number of hydrogen-bond acceptors (Lipinski definition) is 6. The fraction of sp³-hybridized carbons (Fsp3) is 0.222. The zero-order valence-electron chi connectivity index (χ0n) is 14.3. The second-order valence-corrected chi connectivity index (χ2v) is 7.11. The molecule has 0 unspecified atom stereocenters. The minimum absolute atomic E-state index is 0.608. The molecule has 2 aromatic heterocycles. The maximum absolute atomic E-state index is 5.51. The molecule has 0 bridgehead atoms. The van der Waals surface area contributed by atoms with E-state index in [0.717, 1.165) is 35.8 Å². The lowest BCUT2D eigenvalue weighted by Crippen LogP contribution is -2.17. The first-order valence-electron chi connectivity index (χ1n) is 8.41. The third-order valence-corrected chi connectivity index (χ3v) is 4.74. The highest BCUT2D eigenvalue weighted by Crippen LogP contribution is 2.22. The molecule has 4 N–H and O–H groups in total. The van der Waals surface area contributed by atoms with Crippen LogP contribution in [0.3, 0.4) is 0 Å². The van der Waals surface area contributed by atoms with Gasteiger partial charge in [-0.05, 0) is 54.1 Å². The normalized spacial score (nSPS) is 10.8.